The Morgan fingerprint density at radius 2 is 1.00 bits per heavy atom. The lowest BCUT2D eigenvalue weighted by atomic mass is 9.70. The monoisotopic (exact) mass is 430 g/mol. The van der Waals surface area contributed by atoms with Crippen LogP contribution in [0.15, 0.2) is 36.4 Å². The van der Waals surface area contributed by atoms with Crippen LogP contribution in [-0.4, -0.2) is 0 Å². The first-order chi connectivity index (χ1) is 14.1. The molecular formula is C27H36Cl2. The van der Waals surface area contributed by atoms with Crippen LogP contribution in [0, 0.1) is 0 Å². The Morgan fingerprint density at radius 1 is 0.586 bits per heavy atom. The van der Waals surface area contributed by atoms with Gasteiger partial charge in [-0.1, -0.05) is 113 Å². The van der Waals surface area contributed by atoms with Crippen molar-refractivity contribution in [3.05, 3.63) is 57.6 Å². The molecule has 1 aliphatic carbocycles. The lowest BCUT2D eigenvalue weighted by molar-refractivity contribution is 0.399. The molecule has 0 saturated heterocycles. The SMILES string of the molecule is CCCCCCCCC1(CCCCCC)c2cc(Cl)ccc2-c2ccc(Cl)cc21. The third-order valence-electron chi connectivity index (χ3n) is 6.70. The van der Waals surface area contributed by atoms with Gasteiger partial charge in [0.25, 0.3) is 0 Å². The Bertz CT molecular complexity index is 742. The molecule has 2 aromatic rings. The highest BCUT2D eigenvalue weighted by Gasteiger charge is 2.42. The fraction of sp³-hybridized carbons (Fsp3) is 0.556. The van der Waals surface area contributed by atoms with Crippen molar-refractivity contribution in [2.45, 2.75) is 96.3 Å². The van der Waals surface area contributed by atoms with Crippen molar-refractivity contribution >= 4 is 23.2 Å². The number of hydrogen-bond acceptors (Lipinski definition) is 0. The molecule has 0 aliphatic heterocycles. The second-order valence-electron chi connectivity index (χ2n) is 8.79. The van der Waals surface area contributed by atoms with Crippen LogP contribution >= 0.6 is 23.2 Å². The van der Waals surface area contributed by atoms with E-state index in [4.69, 9.17) is 23.2 Å². The lowest BCUT2D eigenvalue weighted by Crippen LogP contribution is -2.25. The molecule has 0 bridgehead atoms. The summed E-state index contributed by atoms with van der Waals surface area (Å²) >= 11 is 13.0. The summed E-state index contributed by atoms with van der Waals surface area (Å²) in [7, 11) is 0. The van der Waals surface area contributed by atoms with Crippen LogP contribution < -0.4 is 0 Å². The van der Waals surface area contributed by atoms with Gasteiger partial charge >= 0.3 is 0 Å². The van der Waals surface area contributed by atoms with Crippen molar-refractivity contribution in [2.24, 2.45) is 0 Å². The molecule has 0 atom stereocenters. The van der Waals surface area contributed by atoms with Gasteiger partial charge in [-0.25, -0.2) is 0 Å². The third kappa shape index (κ3) is 5.20. The van der Waals surface area contributed by atoms with E-state index in [-0.39, 0.29) is 5.41 Å². The minimum atomic E-state index is 0.0684. The Kier molecular flexibility index (Phi) is 8.51. The first kappa shape index (κ1) is 22.7. The number of rotatable bonds is 12. The van der Waals surface area contributed by atoms with E-state index in [9.17, 15) is 0 Å². The molecule has 0 spiro atoms. The van der Waals surface area contributed by atoms with Gasteiger partial charge in [-0.3, -0.25) is 0 Å². The highest BCUT2D eigenvalue weighted by molar-refractivity contribution is 6.31. The summed E-state index contributed by atoms with van der Waals surface area (Å²) in [6, 6.07) is 13.0. The molecule has 0 radical (unpaired) electrons. The van der Waals surface area contributed by atoms with Crippen LogP contribution in [0.3, 0.4) is 0 Å². The minimum Gasteiger partial charge on any atom is -0.0843 e. The van der Waals surface area contributed by atoms with E-state index < -0.39 is 0 Å². The quantitative estimate of drug-likeness (QED) is 0.293. The van der Waals surface area contributed by atoms with Gasteiger partial charge in [-0.05, 0) is 59.4 Å². The zero-order chi connectivity index (χ0) is 20.7. The second kappa shape index (κ2) is 10.9. The predicted octanol–water partition coefficient (Wildman–Crippen LogP) is 9.98. The molecule has 0 amide bonds. The number of fused-ring (bicyclic) bond motifs is 3. The third-order valence-corrected chi connectivity index (χ3v) is 7.17. The van der Waals surface area contributed by atoms with Gasteiger partial charge < -0.3 is 0 Å². The van der Waals surface area contributed by atoms with Gasteiger partial charge in [0.1, 0.15) is 0 Å². The summed E-state index contributed by atoms with van der Waals surface area (Å²) in [4.78, 5) is 0. The molecule has 0 nitrogen and oxygen atoms in total. The zero-order valence-electron chi connectivity index (χ0n) is 18.2. The minimum absolute atomic E-state index is 0.0684. The average Bonchev–Trinajstić information content (AvgIpc) is 2.97. The molecule has 0 fully saturated rings. The van der Waals surface area contributed by atoms with Crippen LogP contribution in [0.5, 0.6) is 0 Å². The molecule has 3 rings (SSSR count). The predicted molar refractivity (Wildman–Crippen MR) is 129 cm³/mol. The van der Waals surface area contributed by atoms with Gasteiger partial charge in [0, 0.05) is 15.5 Å². The molecule has 0 N–H and O–H groups in total. The van der Waals surface area contributed by atoms with Crippen molar-refractivity contribution in [3.63, 3.8) is 0 Å². The second-order valence-corrected chi connectivity index (χ2v) is 9.66. The Morgan fingerprint density at radius 3 is 1.48 bits per heavy atom. The fourth-order valence-corrected chi connectivity index (χ4v) is 5.51. The number of hydrogen-bond donors (Lipinski definition) is 0. The normalized spacial score (nSPS) is 14.1. The summed E-state index contributed by atoms with van der Waals surface area (Å²) in [6.45, 7) is 4.57. The standard InChI is InChI=1S/C27H36Cl2/c1-3-5-7-9-10-12-18-27(17-11-8-6-4-2)25-19-21(28)13-15-23(25)24-16-14-22(29)20-26(24)27/h13-16,19-20H,3-12,17-18H2,1-2H3. The van der Waals surface area contributed by atoms with Crippen LogP contribution in [-0.2, 0) is 5.41 Å². The topological polar surface area (TPSA) is 0 Å². The molecule has 0 aromatic heterocycles. The summed E-state index contributed by atoms with van der Waals surface area (Å²) < 4.78 is 0. The molecule has 2 aromatic carbocycles. The maximum Gasteiger partial charge on any atom is 0.0409 e. The molecule has 158 valence electrons. The summed E-state index contributed by atoms with van der Waals surface area (Å²) in [5, 5.41) is 1.70. The van der Waals surface area contributed by atoms with Gasteiger partial charge in [-0.15, -0.1) is 0 Å². The molecule has 0 unspecified atom stereocenters. The van der Waals surface area contributed by atoms with Gasteiger partial charge in [-0.2, -0.15) is 0 Å². The summed E-state index contributed by atoms with van der Waals surface area (Å²) in [5.74, 6) is 0. The highest BCUT2D eigenvalue weighted by atomic mass is 35.5. The van der Waals surface area contributed by atoms with Crippen LogP contribution in [0.1, 0.15) is 102 Å². The fourth-order valence-electron chi connectivity index (χ4n) is 5.16. The van der Waals surface area contributed by atoms with Crippen molar-refractivity contribution in [3.8, 4) is 11.1 Å². The van der Waals surface area contributed by atoms with E-state index in [0.717, 1.165) is 10.0 Å². The highest BCUT2D eigenvalue weighted by Crippen LogP contribution is 2.55. The van der Waals surface area contributed by atoms with E-state index >= 15 is 0 Å². The molecule has 0 heterocycles. The molecular weight excluding hydrogens is 395 g/mol. The maximum absolute atomic E-state index is 6.50. The van der Waals surface area contributed by atoms with Crippen LogP contribution in [0.25, 0.3) is 11.1 Å². The van der Waals surface area contributed by atoms with Crippen molar-refractivity contribution in [1.29, 1.82) is 0 Å². The van der Waals surface area contributed by atoms with Crippen molar-refractivity contribution in [2.75, 3.05) is 0 Å². The molecule has 0 saturated carbocycles. The Balaban J connectivity index is 1.92. The smallest absolute Gasteiger partial charge is 0.0409 e. The van der Waals surface area contributed by atoms with E-state index in [1.165, 1.54) is 99.3 Å². The first-order valence-electron chi connectivity index (χ1n) is 11.7. The summed E-state index contributed by atoms with van der Waals surface area (Å²) in [6.07, 6.45) is 15.5. The van der Waals surface area contributed by atoms with Crippen molar-refractivity contribution in [1.82, 2.24) is 0 Å². The average molecular weight is 431 g/mol. The largest absolute Gasteiger partial charge is 0.0843 e. The van der Waals surface area contributed by atoms with E-state index in [1.54, 1.807) is 0 Å². The van der Waals surface area contributed by atoms with E-state index in [0.29, 0.717) is 0 Å². The summed E-state index contributed by atoms with van der Waals surface area (Å²) in [5.41, 5.74) is 5.67. The van der Waals surface area contributed by atoms with Gasteiger partial charge in [0.2, 0.25) is 0 Å². The number of halogens is 2. The Hall–Kier alpha value is -0.980. The Labute approximate surface area is 188 Å². The van der Waals surface area contributed by atoms with Crippen molar-refractivity contribution < 1.29 is 0 Å². The van der Waals surface area contributed by atoms with Gasteiger partial charge in [0.05, 0.1) is 0 Å². The van der Waals surface area contributed by atoms with E-state index in [2.05, 4.69) is 38.1 Å². The molecule has 1 aliphatic rings. The van der Waals surface area contributed by atoms with Gasteiger partial charge in [0.15, 0.2) is 0 Å². The van der Waals surface area contributed by atoms with Crippen LogP contribution in [0.4, 0.5) is 0 Å². The maximum atomic E-state index is 6.50. The lowest BCUT2D eigenvalue weighted by Gasteiger charge is -2.33. The molecule has 2 heteroatoms. The first-order valence-corrected chi connectivity index (χ1v) is 12.5. The molecule has 29 heavy (non-hydrogen) atoms. The van der Waals surface area contributed by atoms with E-state index in [1.807, 2.05) is 12.1 Å². The van der Waals surface area contributed by atoms with Crippen LogP contribution in [0.2, 0.25) is 10.0 Å². The number of unbranched alkanes of at least 4 members (excludes halogenated alkanes) is 8. The number of benzene rings is 2. The zero-order valence-corrected chi connectivity index (χ0v) is 19.7.